The summed E-state index contributed by atoms with van der Waals surface area (Å²) in [6.45, 7) is 4.74. The highest BCUT2D eigenvalue weighted by Gasteiger charge is 2.32. The molecule has 0 aliphatic carbocycles. The Hall–Kier alpha value is -3.72. The van der Waals surface area contributed by atoms with E-state index in [2.05, 4.69) is 41.5 Å². The molecule has 182 valence electrons. The predicted molar refractivity (Wildman–Crippen MR) is 131 cm³/mol. The average molecular weight is 475 g/mol. The molecule has 9 nitrogen and oxygen atoms in total. The molecule has 1 saturated heterocycles. The van der Waals surface area contributed by atoms with E-state index in [1.807, 2.05) is 43.3 Å². The molecule has 1 fully saturated rings. The quantitative estimate of drug-likeness (QED) is 0.578. The average Bonchev–Trinajstić information content (AvgIpc) is 3.32. The summed E-state index contributed by atoms with van der Waals surface area (Å²) in [5.74, 6) is -0.176. The maximum absolute atomic E-state index is 13.2. The van der Waals surface area contributed by atoms with Crippen LogP contribution in [0.1, 0.15) is 43.8 Å². The second-order valence-corrected chi connectivity index (χ2v) is 9.30. The van der Waals surface area contributed by atoms with Crippen LogP contribution in [0.4, 0.5) is 5.69 Å². The van der Waals surface area contributed by atoms with Crippen molar-refractivity contribution >= 4 is 17.5 Å². The number of rotatable bonds is 4. The van der Waals surface area contributed by atoms with Crippen LogP contribution in [-0.2, 0) is 17.9 Å². The van der Waals surface area contributed by atoms with Gasteiger partial charge >= 0.3 is 0 Å². The second kappa shape index (κ2) is 9.50. The standard InChI is InChI=1S/C26H30N6O3/c1-18-4-6-19(7-5-18)23-16-32-22(17-35-23)24(27-28-32)26(34)31-14-12-30(13-15-31)25(33)20-8-10-21(11-9-20)29(2)3/h4-11,23H,12-17H2,1-3H3/t23-/m0/s1. The maximum Gasteiger partial charge on any atom is 0.276 e. The van der Waals surface area contributed by atoms with Crippen LogP contribution in [0, 0.1) is 6.92 Å². The van der Waals surface area contributed by atoms with E-state index in [0.717, 1.165) is 11.3 Å². The van der Waals surface area contributed by atoms with Gasteiger partial charge < -0.3 is 19.4 Å². The molecule has 0 unspecified atom stereocenters. The Balaban J connectivity index is 1.20. The first-order chi connectivity index (χ1) is 16.9. The third kappa shape index (κ3) is 4.64. The first-order valence-electron chi connectivity index (χ1n) is 11.9. The number of anilines is 1. The van der Waals surface area contributed by atoms with Crippen LogP contribution in [0.3, 0.4) is 0 Å². The molecule has 0 saturated carbocycles. The number of nitrogens with zero attached hydrogens (tertiary/aromatic N) is 6. The SMILES string of the molecule is Cc1ccc([C@@H]2Cn3nnc(C(=O)N4CCN(C(=O)c5ccc(N(C)C)cc5)CC4)c3CO2)cc1. The first kappa shape index (κ1) is 23.0. The van der Waals surface area contributed by atoms with E-state index in [4.69, 9.17) is 4.74 Å². The molecular weight excluding hydrogens is 444 g/mol. The van der Waals surface area contributed by atoms with Crippen LogP contribution in [0.25, 0.3) is 0 Å². The molecule has 3 heterocycles. The van der Waals surface area contributed by atoms with Gasteiger partial charge in [0, 0.05) is 51.5 Å². The lowest BCUT2D eigenvalue weighted by molar-refractivity contribution is -0.00203. The molecule has 2 aromatic carbocycles. The zero-order chi connectivity index (χ0) is 24.5. The largest absolute Gasteiger partial charge is 0.378 e. The highest BCUT2D eigenvalue weighted by molar-refractivity contribution is 5.95. The number of aryl methyl sites for hydroxylation is 1. The summed E-state index contributed by atoms with van der Waals surface area (Å²) in [6, 6.07) is 15.8. The molecule has 2 aliphatic rings. The number of piperazine rings is 1. The van der Waals surface area contributed by atoms with E-state index >= 15 is 0 Å². The maximum atomic E-state index is 13.2. The zero-order valence-electron chi connectivity index (χ0n) is 20.3. The number of ether oxygens (including phenoxy) is 1. The second-order valence-electron chi connectivity index (χ2n) is 9.30. The van der Waals surface area contributed by atoms with Gasteiger partial charge in [0.25, 0.3) is 11.8 Å². The number of carbonyl (C=O) groups excluding carboxylic acids is 2. The van der Waals surface area contributed by atoms with Crippen LogP contribution in [0.5, 0.6) is 0 Å². The summed E-state index contributed by atoms with van der Waals surface area (Å²) >= 11 is 0. The highest BCUT2D eigenvalue weighted by atomic mass is 16.5. The normalized spacial score (nSPS) is 17.7. The van der Waals surface area contributed by atoms with Crippen molar-refractivity contribution in [2.45, 2.75) is 26.2 Å². The number of fused-ring (bicyclic) bond motifs is 1. The minimum Gasteiger partial charge on any atom is -0.378 e. The zero-order valence-corrected chi connectivity index (χ0v) is 20.3. The molecule has 0 radical (unpaired) electrons. The van der Waals surface area contributed by atoms with Crippen molar-refractivity contribution in [2.75, 3.05) is 45.2 Å². The summed E-state index contributed by atoms with van der Waals surface area (Å²) in [5.41, 5.74) is 5.03. The minimum absolute atomic E-state index is 0.0148. The van der Waals surface area contributed by atoms with E-state index < -0.39 is 0 Å². The van der Waals surface area contributed by atoms with Gasteiger partial charge in [0.15, 0.2) is 5.69 Å². The first-order valence-corrected chi connectivity index (χ1v) is 11.9. The van der Waals surface area contributed by atoms with Gasteiger partial charge in [-0.05, 0) is 36.8 Å². The van der Waals surface area contributed by atoms with Gasteiger partial charge in [-0.3, -0.25) is 9.59 Å². The molecule has 2 amide bonds. The number of aromatic nitrogens is 3. The Bertz CT molecular complexity index is 1210. The Labute approximate surface area is 204 Å². The van der Waals surface area contributed by atoms with Crippen LogP contribution < -0.4 is 4.90 Å². The molecule has 0 bridgehead atoms. The molecule has 35 heavy (non-hydrogen) atoms. The Morgan fingerprint density at radius 1 is 0.914 bits per heavy atom. The van der Waals surface area contributed by atoms with Crippen molar-refractivity contribution in [2.24, 2.45) is 0 Å². The minimum atomic E-state index is -0.161. The highest BCUT2D eigenvalue weighted by Crippen LogP contribution is 2.27. The van der Waals surface area contributed by atoms with E-state index in [9.17, 15) is 9.59 Å². The molecule has 9 heteroatoms. The molecule has 1 aromatic heterocycles. The fourth-order valence-corrected chi connectivity index (χ4v) is 4.51. The fourth-order valence-electron chi connectivity index (χ4n) is 4.51. The van der Waals surface area contributed by atoms with Gasteiger partial charge in [-0.25, -0.2) is 4.68 Å². The predicted octanol–water partition coefficient (Wildman–Crippen LogP) is 2.52. The third-order valence-corrected chi connectivity index (χ3v) is 6.73. The van der Waals surface area contributed by atoms with Crippen molar-refractivity contribution in [3.05, 3.63) is 76.6 Å². The third-order valence-electron chi connectivity index (χ3n) is 6.73. The van der Waals surface area contributed by atoms with Crippen molar-refractivity contribution in [1.82, 2.24) is 24.8 Å². The van der Waals surface area contributed by atoms with Gasteiger partial charge in [-0.2, -0.15) is 0 Å². The Kier molecular flexibility index (Phi) is 6.25. The van der Waals surface area contributed by atoms with Crippen molar-refractivity contribution in [3.63, 3.8) is 0 Å². The summed E-state index contributed by atoms with van der Waals surface area (Å²) in [4.78, 5) is 31.7. The molecular formula is C26H30N6O3. The molecule has 2 aliphatic heterocycles. The van der Waals surface area contributed by atoms with Crippen molar-refractivity contribution in [1.29, 1.82) is 0 Å². The number of benzene rings is 2. The Morgan fingerprint density at radius 3 is 2.17 bits per heavy atom. The smallest absolute Gasteiger partial charge is 0.276 e. The van der Waals surface area contributed by atoms with Crippen molar-refractivity contribution < 1.29 is 14.3 Å². The molecule has 1 atom stereocenters. The van der Waals surface area contributed by atoms with Gasteiger partial charge in [-0.1, -0.05) is 35.0 Å². The van der Waals surface area contributed by atoms with Gasteiger partial charge in [0.05, 0.1) is 18.8 Å². The van der Waals surface area contributed by atoms with Crippen LogP contribution >= 0.6 is 0 Å². The number of hydrogen-bond donors (Lipinski definition) is 0. The topological polar surface area (TPSA) is 83.8 Å². The monoisotopic (exact) mass is 474 g/mol. The van der Waals surface area contributed by atoms with E-state index in [1.165, 1.54) is 5.56 Å². The summed E-state index contributed by atoms with van der Waals surface area (Å²) in [6.07, 6.45) is -0.117. The van der Waals surface area contributed by atoms with E-state index in [0.29, 0.717) is 49.7 Å². The molecule has 0 N–H and O–H groups in total. The summed E-state index contributed by atoms with van der Waals surface area (Å²) in [5, 5.41) is 8.44. The lowest BCUT2D eigenvalue weighted by Crippen LogP contribution is -2.50. The number of amides is 2. The molecule has 3 aromatic rings. The van der Waals surface area contributed by atoms with Gasteiger partial charge in [-0.15, -0.1) is 5.10 Å². The molecule has 0 spiro atoms. The van der Waals surface area contributed by atoms with Gasteiger partial charge in [0.2, 0.25) is 0 Å². The summed E-state index contributed by atoms with van der Waals surface area (Å²) < 4.78 is 7.84. The van der Waals surface area contributed by atoms with Crippen LogP contribution in [0.2, 0.25) is 0 Å². The van der Waals surface area contributed by atoms with Crippen molar-refractivity contribution in [3.8, 4) is 0 Å². The number of carbonyl (C=O) groups is 2. The van der Waals surface area contributed by atoms with E-state index in [1.54, 1.807) is 14.5 Å². The van der Waals surface area contributed by atoms with Crippen LogP contribution in [-0.4, -0.2) is 76.9 Å². The fraction of sp³-hybridized carbons (Fsp3) is 0.385. The van der Waals surface area contributed by atoms with Gasteiger partial charge in [0.1, 0.15) is 6.10 Å². The number of hydrogen-bond acceptors (Lipinski definition) is 6. The van der Waals surface area contributed by atoms with Crippen LogP contribution in [0.15, 0.2) is 48.5 Å². The summed E-state index contributed by atoms with van der Waals surface area (Å²) in [7, 11) is 3.93. The Morgan fingerprint density at radius 2 is 1.54 bits per heavy atom. The molecule has 5 rings (SSSR count). The van der Waals surface area contributed by atoms with E-state index in [-0.39, 0.29) is 24.5 Å². The lowest BCUT2D eigenvalue weighted by atomic mass is 10.1. The lowest BCUT2D eigenvalue weighted by Gasteiger charge is -2.34.